The van der Waals surface area contributed by atoms with Crippen molar-refractivity contribution < 1.29 is 4.74 Å². The normalized spacial score (nSPS) is 30.3. The maximum absolute atomic E-state index is 5.26. The van der Waals surface area contributed by atoms with Gasteiger partial charge in [-0.05, 0) is 70.3 Å². The summed E-state index contributed by atoms with van der Waals surface area (Å²) in [6.45, 7) is 13.7. The van der Waals surface area contributed by atoms with Crippen molar-refractivity contribution in [3.8, 4) is 0 Å². The van der Waals surface area contributed by atoms with Crippen LogP contribution in [0, 0.1) is 23.7 Å². The van der Waals surface area contributed by atoms with Gasteiger partial charge in [-0.25, -0.2) is 0 Å². The third-order valence-corrected chi connectivity index (χ3v) is 4.71. The van der Waals surface area contributed by atoms with Gasteiger partial charge in [0.15, 0.2) is 0 Å². The molecule has 0 amide bonds. The van der Waals surface area contributed by atoms with Crippen molar-refractivity contribution in [1.82, 2.24) is 5.32 Å². The quantitative estimate of drug-likeness (QED) is 0.784. The van der Waals surface area contributed by atoms with Crippen molar-refractivity contribution >= 4 is 0 Å². The van der Waals surface area contributed by atoms with Gasteiger partial charge in [-0.3, -0.25) is 0 Å². The van der Waals surface area contributed by atoms with E-state index in [1.54, 1.807) is 0 Å². The molecule has 4 atom stereocenters. The Morgan fingerprint density at radius 3 is 2.53 bits per heavy atom. The summed E-state index contributed by atoms with van der Waals surface area (Å²) < 4.78 is 5.26. The summed E-state index contributed by atoms with van der Waals surface area (Å²) in [4.78, 5) is 0. The SMILES string of the molecule is COCCC(C)C1CC(C)CCC1CNC(C)(C)C. The number of hydrogen-bond acceptors (Lipinski definition) is 2. The lowest BCUT2D eigenvalue weighted by atomic mass is 9.68. The van der Waals surface area contributed by atoms with Gasteiger partial charge >= 0.3 is 0 Å². The van der Waals surface area contributed by atoms with Crippen LogP contribution in [0.1, 0.15) is 60.3 Å². The van der Waals surface area contributed by atoms with Gasteiger partial charge in [0.1, 0.15) is 0 Å². The van der Waals surface area contributed by atoms with Crippen LogP contribution in [-0.4, -0.2) is 25.8 Å². The Bertz CT molecular complexity index is 246. The molecule has 4 unspecified atom stereocenters. The molecule has 0 heterocycles. The third kappa shape index (κ3) is 6.27. The summed E-state index contributed by atoms with van der Waals surface area (Å²) in [6.07, 6.45) is 5.41. The Kier molecular flexibility index (Phi) is 6.82. The maximum Gasteiger partial charge on any atom is 0.0464 e. The summed E-state index contributed by atoms with van der Waals surface area (Å²) in [5.41, 5.74) is 0.239. The van der Waals surface area contributed by atoms with E-state index < -0.39 is 0 Å². The lowest BCUT2D eigenvalue weighted by molar-refractivity contribution is 0.0977. The molecule has 114 valence electrons. The Hall–Kier alpha value is -0.0800. The molecule has 2 nitrogen and oxygen atoms in total. The fourth-order valence-electron chi connectivity index (χ4n) is 3.39. The molecule has 0 saturated heterocycles. The van der Waals surface area contributed by atoms with Crippen LogP contribution >= 0.6 is 0 Å². The molecular formula is C17H35NO. The van der Waals surface area contributed by atoms with Gasteiger partial charge in [0.2, 0.25) is 0 Å². The molecule has 0 aromatic carbocycles. The van der Waals surface area contributed by atoms with E-state index in [0.29, 0.717) is 0 Å². The monoisotopic (exact) mass is 269 g/mol. The van der Waals surface area contributed by atoms with E-state index in [0.717, 1.165) is 30.3 Å². The van der Waals surface area contributed by atoms with Crippen LogP contribution in [-0.2, 0) is 4.74 Å². The lowest BCUT2D eigenvalue weighted by Crippen LogP contribution is -2.43. The highest BCUT2D eigenvalue weighted by molar-refractivity contribution is 4.85. The second kappa shape index (κ2) is 7.64. The van der Waals surface area contributed by atoms with Crippen LogP contribution in [0.4, 0.5) is 0 Å². The fraction of sp³-hybridized carbons (Fsp3) is 1.00. The maximum atomic E-state index is 5.26. The lowest BCUT2D eigenvalue weighted by Gasteiger charge is -2.40. The minimum Gasteiger partial charge on any atom is -0.385 e. The molecule has 1 aliphatic rings. The Morgan fingerprint density at radius 2 is 1.95 bits per heavy atom. The van der Waals surface area contributed by atoms with Crippen LogP contribution in [0.3, 0.4) is 0 Å². The average Bonchev–Trinajstić information content (AvgIpc) is 2.33. The highest BCUT2D eigenvalue weighted by Crippen LogP contribution is 2.39. The van der Waals surface area contributed by atoms with E-state index in [-0.39, 0.29) is 5.54 Å². The van der Waals surface area contributed by atoms with Crippen LogP contribution in [0.25, 0.3) is 0 Å². The van der Waals surface area contributed by atoms with E-state index in [1.807, 2.05) is 7.11 Å². The van der Waals surface area contributed by atoms with Gasteiger partial charge in [0, 0.05) is 19.3 Å². The molecule has 1 fully saturated rings. The largest absolute Gasteiger partial charge is 0.385 e. The molecule has 0 aromatic heterocycles. The van der Waals surface area contributed by atoms with Gasteiger partial charge in [-0.15, -0.1) is 0 Å². The summed E-state index contributed by atoms with van der Waals surface area (Å²) >= 11 is 0. The molecule has 1 aliphatic carbocycles. The number of nitrogens with one attached hydrogen (secondary N) is 1. The molecule has 1 rings (SSSR count). The molecule has 0 aliphatic heterocycles. The standard InChI is InChI=1S/C17H35NO/c1-13-7-8-15(12-18-17(3,4)5)16(11-13)14(2)9-10-19-6/h13-16,18H,7-12H2,1-6H3. The van der Waals surface area contributed by atoms with Gasteiger partial charge in [0.25, 0.3) is 0 Å². The summed E-state index contributed by atoms with van der Waals surface area (Å²) in [5.74, 6) is 3.41. The van der Waals surface area contributed by atoms with Crippen molar-refractivity contribution in [2.45, 2.75) is 65.8 Å². The Labute approximate surface area is 120 Å². The fourth-order valence-corrected chi connectivity index (χ4v) is 3.39. The van der Waals surface area contributed by atoms with E-state index in [4.69, 9.17) is 4.74 Å². The minimum absolute atomic E-state index is 0.239. The molecule has 1 saturated carbocycles. The molecule has 0 radical (unpaired) electrons. The summed E-state index contributed by atoms with van der Waals surface area (Å²) in [7, 11) is 1.81. The van der Waals surface area contributed by atoms with Crippen LogP contribution in [0.2, 0.25) is 0 Å². The number of rotatable bonds is 6. The van der Waals surface area contributed by atoms with Crippen molar-refractivity contribution in [3.05, 3.63) is 0 Å². The molecule has 0 bridgehead atoms. The zero-order chi connectivity index (χ0) is 14.5. The number of hydrogen-bond donors (Lipinski definition) is 1. The van der Waals surface area contributed by atoms with Crippen molar-refractivity contribution in [2.75, 3.05) is 20.3 Å². The second-order valence-electron chi connectivity index (χ2n) is 7.73. The van der Waals surface area contributed by atoms with Crippen LogP contribution < -0.4 is 5.32 Å². The summed E-state index contributed by atoms with van der Waals surface area (Å²) in [6, 6.07) is 0. The molecule has 0 spiro atoms. The average molecular weight is 269 g/mol. The van der Waals surface area contributed by atoms with Crippen molar-refractivity contribution in [1.29, 1.82) is 0 Å². The second-order valence-corrected chi connectivity index (χ2v) is 7.73. The van der Waals surface area contributed by atoms with Gasteiger partial charge in [-0.1, -0.05) is 20.3 Å². The van der Waals surface area contributed by atoms with E-state index in [9.17, 15) is 0 Å². The van der Waals surface area contributed by atoms with Crippen molar-refractivity contribution in [2.24, 2.45) is 23.7 Å². The smallest absolute Gasteiger partial charge is 0.0464 e. The first-order valence-electron chi connectivity index (χ1n) is 8.07. The predicted octanol–water partition coefficient (Wildman–Crippen LogP) is 4.10. The third-order valence-electron chi connectivity index (χ3n) is 4.71. The van der Waals surface area contributed by atoms with E-state index >= 15 is 0 Å². The van der Waals surface area contributed by atoms with Gasteiger partial charge in [0.05, 0.1) is 0 Å². The Morgan fingerprint density at radius 1 is 1.26 bits per heavy atom. The number of ether oxygens (including phenoxy) is 1. The topological polar surface area (TPSA) is 21.3 Å². The van der Waals surface area contributed by atoms with E-state index in [1.165, 1.54) is 32.2 Å². The zero-order valence-corrected chi connectivity index (χ0v) is 14.0. The summed E-state index contributed by atoms with van der Waals surface area (Å²) in [5, 5.41) is 3.72. The molecule has 2 heteroatoms. The molecular weight excluding hydrogens is 234 g/mol. The highest BCUT2D eigenvalue weighted by Gasteiger charge is 2.32. The first-order valence-corrected chi connectivity index (χ1v) is 8.07. The number of methoxy groups -OCH3 is 1. The van der Waals surface area contributed by atoms with Gasteiger partial charge < -0.3 is 10.1 Å². The zero-order valence-electron chi connectivity index (χ0n) is 14.0. The van der Waals surface area contributed by atoms with Crippen LogP contribution in [0.5, 0.6) is 0 Å². The van der Waals surface area contributed by atoms with Crippen molar-refractivity contribution in [3.63, 3.8) is 0 Å². The minimum atomic E-state index is 0.239. The Balaban J connectivity index is 2.54. The molecule has 19 heavy (non-hydrogen) atoms. The van der Waals surface area contributed by atoms with Crippen LogP contribution in [0.15, 0.2) is 0 Å². The molecule has 0 aromatic rings. The van der Waals surface area contributed by atoms with Gasteiger partial charge in [-0.2, -0.15) is 0 Å². The highest BCUT2D eigenvalue weighted by atomic mass is 16.5. The first-order chi connectivity index (χ1) is 8.83. The van der Waals surface area contributed by atoms with E-state index in [2.05, 4.69) is 39.9 Å². The molecule has 1 N–H and O–H groups in total. The first kappa shape index (κ1) is 17.0. The predicted molar refractivity (Wildman–Crippen MR) is 83.4 cm³/mol.